The van der Waals surface area contributed by atoms with Gasteiger partial charge in [-0.3, -0.25) is 9.59 Å². The van der Waals surface area contributed by atoms with Gasteiger partial charge in [-0.25, -0.2) is 0 Å². The molecule has 2 fully saturated rings. The van der Waals surface area contributed by atoms with Gasteiger partial charge in [-0.05, 0) is 62.8 Å². The predicted octanol–water partition coefficient (Wildman–Crippen LogP) is 3.80. The maximum absolute atomic E-state index is 12.7. The topological polar surface area (TPSA) is 49.4 Å². The van der Waals surface area contributed by atoms with Gasteiger partial charge in [0.05, 0.1) is 0 Å². The first-order chi connectivity index (χ1) is 13.1. The van der Waals surface area contributed by atoms with Crippen molar-refractivity contribution in [3.05, 3.63) is 35.9 Å². The molecule has 1 saturated heterocycles. The summed E-state index contributed by atoms with van der Waals surface area (Å²) in [6.45, 7) is 4.81. The summed E-state index contributed by atoms with van der Waals surface area (Å²) in [7, 11) is 0. The molecule has 0 spiro atoms. The first kappa shape index (κ1) is 19.9. The van der Waals surface area contributed by atoms with E-state index >= 15 is 0 Å². The van der Waals surface area contributed by atoms with E-state index < -0.39 is 0 Å². The Bertz CT molecular complexity index is 608. The molecule has 4 nitrogen and oxygen atoms in total. The van der Waals surface area contributed by atoms with Crippen molar-refractivity contribution < 1.29 is 9.59 Å². The Morgan fingerprint density at radius 3 is 2.44 bits per heavy atom. The second kappa shape index (κ2) is 9.91. The Balaban J connectivity index is 1.34. The molecule has 1 aromatic carbocycles. The zero-order valence-corrected chi connectivity index (χ0v) is 16.7. The van der Waals surface area contributed by atoms with E-state index in [4.69, 9.17) is 0 Å². The number of nitrogens with one attached hydrogen (secondary N) is 1. The SMILES string of the molecule is CC1CCCN(C(=O)C2CCC(C(=O)NCCCc3ccccc3)CC2)C1. The zero-order valence-electron chi connectivity index (χ0n) is 16.7. The maximum Gasteiger partial charge on any atom is 0.225 e. The number of benzene rings is 1. The van der Waals surface area contributed by atoms with Gasteiger partial charge in [0, 0.05) is 31.5 Å². The Hall–Kier alpha value is -1.84. The van der Waals surface area contributed by atoms with Gasteiger partial charge in [0.25, 0.3) is 0 Å². The minimum atomic E-state index is 0.0889. The first-order valence-corrected chi connectivity index (χ1v) is 10.7. The highest BCUT2D eigenvalue weighted by molar-refractivity contribution is 5.81. The van der Waals surface area contributed by atoms with Crippen LogP contribution in [0.1, 0.15) is 57.4 Å². The van der Waals surface area contributed by atoms with Crippen molar-refractivity contribution in [3.8, 4) is 0 Å². The molecule has 0 radical (unpaired) electrons. The fourth-order valence-electron chi connectivity index (χ4n) is 4.54. The highest BCUT2D eigenvalue weighted by Crippen LogP contribution is 2.31. The Morgan fingerprint density at radius 1 is 1.04 bits per heavy atom. The standard InChI is InChI=1S/C23H34N2O2/c1-18-7-6-16-25(17-18)23(27)21-13-11-20(12-14-21)22(26)24-15-5-10-19-8-3-2-4-9-19/h2-4,8-9,18,20-21H,5-7,10-17H2,1H3,(H,24,26). The Kier molecular flexibility index (Phi) is 7.31. The molecular formula is C23H34N2O2. The molecule has 3 rings (SSSR count). The summed E-state index contributed by atoms with van der Waals surface area (Å²) in [5.74, 6) is 1.37. The van der Waals surface area contributed by atoms with E-state index in [1.807, 2.05) is 6.07 Å². The second-order valence-electron chi connectivity index (χ2n) is 8.46. The van der Waals surface area contributed by atoms with Crippen LogP contribution in [-0.4, -0.2) is 36.3 Å². The molecule has 1 aliphatic carbocycles. The molecule has 4 heteroatoms. The van der Waals surface area contributed by atoms with Crippen LogP contribution in [0.15, 0.2) is 30.3 Å². The van der Waals surface area contributed by atoms with Crippen molar-refractivity contribution in [3.63, 3.8) is 0 Å². The monoisotopic (exact) mass is 370 g/mol. The van der Waals surface area contributed by atoms with Crippen LogP contribution < -0.4 is 5.32 Å². The van der Waals surface area contributed by atoms with E-state index in [2.05, 4.69) is 41.4 Å². The molecule has 0 aromatic heterocycles. The van der Waals surface area contributed by atoms with Crippen molar-refractivity contribution in [1.29, 1.82) is 0 Å². The minimum Gasteiger partial charge on any atom is -0.356 e. The number of amides is 2. The molecule has 2 amide bonds. The average Bonchev–Trinajstić information content (AvgIpc) is 2.71. The van der Waals surface area contributed by atoms with E-state index in [9.17, 15) is 9.59 Å². The molecule has 2 aliphatic rings. The third-order valence-corrected chi connectivity index (χ3v) is 6.20. The minimum absolute atomic E-state index is 0.0889. The molecule has 27 heavy (non-hydrogen) atoms. The number of rotatable bonds is 6. The quantitative estimate of drug-likeness (QED) is 0.774. The number of carbonyl (C=O) groups excluding carboxylic acids is 2. The highest BCUT2D eigenvalue weighted by Gasteiger charge is 2.33. The Morgan fingerprint density at radius 2 is 1.74 bits per heavy atom. The van der Waals surface area contributed by atoms with Crippen molar-refractivity contribution in [2.75, 3.05) is 19.6 Å². The third-order valence-electron chi connectivity index (χ3n) is 6.20. The van der Waals surface area contributed by atoms with Crippen molar-refractivity contribution in [1.82, 2.24) is 10.2 Å². The summed E-state index contributed by atoms with van der Waals surface area (Å²) in [5, 5.41) is 3.10. The molecule has 148 valence electrons. The van der Waals surface area contributed by atoms with E-state index in [1.54, 1.807) is 0 Å². The zero-order chi connectivity index (χ0) is 19.1. The average molecular weight is 371 g/mol. The van der Waals surface area contributed by atoms with E-state index in [0.29, 0.717) is 11.8 Å². The van der Waals surface area contributed by atoms with Crippen LogP contribution in [0.2, 0.25) is 0 Å². The third kappa shape index (κ3) is 5.82. The van der Waals surface area contributed by atoms with Gasteiger partial charge >= 0.3 is 0 Å². The van der Waals surface area contributed by atoms with Crippen LogP contribution in [0, 0.1) is 17.8 Å². The molecule has 1 unspecified atom stereocenters. The summed E-state index contributed by atoms with van der Waals surface area (Å²) >= 11 is 0. The molecule has 1 heterocycles. The summed E-state index contributed by atoms with van der Waals surface area (Å²) in [4.78, 5) is 27.2. The van der Waals surface area contributed by atoms with Crippen LogP contribution in [0.25, 0.3) is 0 Å². The number of nitrogens with zero attached hydrogens (tertiary/aromatic N) is 1. The highest BCUT2D eigenvalue weighted by atomic mass is 16.2. The normalized spacial score (nSPS) is 25.8. The fourth-order valence-corrected chi connectivity index (χ4v) is 4.54. The summed E-state index contributed by atoms with van der Waals surface area (Å²) in [5.41, 5.74) is 1.32. The van der Waals surface area contributed by atoms with E-state index in [-0.39, 0.29) is 17.7 Å². The second-order valence-corrected chi connectivity index (χ2v) is 8.46. The summed E-state index contributed by atoms with van der Waals surface area (Å²) in [6.07, 6.45) is 7.77. The van der Waals surface area contributed by atoms with Gasteiger partial charge in [-0.15, -0.1) is 0 Å². The van der Waals surface area contributed by atoms with Crippen LogP contribution in [0.5, 0.6) is 0 Å². The number of likely N-dealkylation sites (tertiary alicyclic amines) is 1. The number of aryl methyl sites for hydroxylation is 1. The molecule has 1 atom stereocenters. The number of piperidine rings is 1. The molecule has 1 saturated carbocycles. The van der Waals surface area contributed by atoms with Gasteiger partial charge in [0.15, 0.2) is 0 Å². The van der Waals surface area contributed by atoms with E-state index in [0.717, 1.165) is 64.6 Å². The van der Waals surface area contributed by atoms with Crippen LogP contribution in [0.4, 0.5) is 0 Å². The number of hydrogen-bond acceptors (Lipinski definition) is 2. The lowest BCUT2D eigenvalue weighted by molar-refractivity contribution is -0.140. The number of carbonyl (C=O) groups is 2. The molecule has 1 N–H and O–H groups in total. The van der Waals surface area contributed by atoms with Crippen molar-refractivity contribution >= 4 is 11.8 Å². The summed E-state index contributed by atoms with van der Waals surface area (Å²) in [6, 6.07) is 10.4. The molecule has 0 bridgehead atoms. The number of hydrogen-bond donors (Lipinski definition) is 1. The lowest BCUT2D eigenvalue weighted by Gasteiger charge is -2.35. The maximum atomic E-state index is 12.7. The van der Waals surface area contributed by atoms with Crippen LogP contribution in [0.3, 0.4) is 0 Å². The van der Waals surface area contributed by atoms with Crippen LogP contribution in [-0.2, 0) is 16.0 Å². The van der Waals surface area contributed by atoms with Gasteiger partial charge in [-0.1, -0.05) is 37.3 Å². The molecule has 1 aliphatic heterocycles. The van der Waals surface area contributed by atoms with E-state index in [1.165, 1.54) is 12.0 Å². The summed E-state index contributed by atoms with van der Waals surface area (Å²) < 4.78 is 0. The molecule has 1 aromatic rings. The van der Waals surface area contributed by atoms with Gasteiger partial charge in [-0.2, -0.15) is 0 Å². The van der Waals surface area contributed by atoms with Gasteiger partial charge < -0.3 is 10.2 Å². The van der Waals surface area contributed by atoms with Gasteiger partial charge in [0.1, 0.15) is 0 Å². The Labute approximate surface area is 163 Å². The largest absolute Gasteiger partial charge is 0.356 e. The lowest BCUT2D eigenvalue weighted by Crippen LogP contribution is -2.44. The molecular weight excluding hydrogens is 336 g/mol. The van der Waals surface area contributed by atoms with Crippen molar-refractivity contribution in [2.24, 2.45) is 17.8 Å². The predicted molar refractivity (Wildman–Crippen MR) is 108 cm³/mol. The first-order valence-electron chi connectivity index (χ1n) is 10.7. The van der Waals surface area contributed by atoms with Crippen LogP contribution >= 0.6 is 0 Å². The van der Waals surface area contributed by atoms with Gasteiger partial charge in [0.2, 0.25) is 11.8 Å². The fraction of sp³-hybridized carbons (Fsp3) is 0.652. The van der Waals surface area contributed by atoms with Crippen molar-refractivity contribution in [2.45, 2.75) is 58.3 Å². The smallest absolute Gasteiger partial charge is 0.225 e. The lowest BCUT2D eigenvalue weighted by atomic mass is 9.80.